The second-order valence-electron chi connectivity index (χ2n) is 4.37. The van der Waals surface area contributed by atoms with Crippen molar-refractivity contribution in [2.75, 3.05) is 7.11 Å². The summed E-state index contributed by atoms with van der Waals surface area (Å²) in [5.74, 6) is -1.03. The fourth-order valence-electron chi connectivity index (χ4n) is 1.69. The molecular weight excluding hydrogens is 274 g/mol. The van der Waals surface area contributed by atoms with E-state index in [4.69, 9.17) is 4.74 Å². The quantitative estimate of drug-likeness (QED) is 0.751. The number of H-pyrrole nitrogens is 1. The van der Waals surface area contributed by atoms with Gasteiger partial charge in [0.1, 0.15) is 11.7 Å². The fraction of sp³-hybridized carbons (Fsp3) is 0.308. The number of carbonyl (C=O) groups excluding carboxylic acids is 2. The third kappa shape index (κ3) is 3.85. The van der Waals surface area contributed by atoms with Crippen LogP contribution in [0.4, 0.5) is 0 Å². The van der Waals surface area contributed by atoms with Gasteiger partial charge in [-0.2, -0.15) is 0 Å². The Hall–Kier alpha value is -2.77. The molecule has 0 aliphatic heterocycles. The van der Waals surface area contributed by atoms with Crippen LogP contribution >= 0.6 is 0 Å². The van der Waals surface area contributed by atoms with Gasteiger partial charge in [-0.15, -0.1) is 0 Å². The molecule has 0 saturated heterocycles. The topological polar surface area (TPSA) is 110 Å². The van der Waals surface area contributed by atoms with E-state index in [0.717, 1.165) is 0 Å². The summed E-state index contributed by atoms with van der Waals surface area (Å²) in [6.45, 7) is 1.77. The van der Waals surface area contributed by atoms with E-state index >= 15 is 0 Å². The summed E-state index contributed by atoms with van der Waals surface area (Å²) >= 11 is 0. The van der Waals surface area contributed by atoms with Crippen molar-refractivity contribution in [3.63, 3.8) is 0 Å². The molecule has 2 aromatic heterocycles. The van der Waals surface area contributed by atoms with Crippen LogP contribution in [0.2, 0.25) is 0 Å². The lowest BCUT2D eigenvalue weighted by molar-refractivity contribution is -0.142. The predicted molar refractivity (Wildman–Crippen MR) is 72.3 cm³/mol. The summed E-state index contributed by atoms with van der Waals surface area (Å²) < 4.78 is 4.69. The van der Waals surface area contributed by atoms with Gasteiger partial charge in [0.2, 0.25) is 0 Å². The highest BCUT2D eigenvalue weighted by molar-refractivity contribution is 5.95. The molecule has 0 aromatic carbocycles. The molecule has 21 heavy (non-hydrogen) atoms. The molecule has 0 spiro atoms. The van der Waals surface area contributed by atoms with Gasteiger partial charge in [-0.05, 0) is 6.92 Å². The third-order valence-electron chi connectivity index (χ3n) is 2.78. The lowest BCUT2D eigenvalue weighted by Crippen LogP contribution is -2.43. The molecule has 0 bridgehead atoms. The molecule has 8 heteroatoms. The number of amides is 1. The molecule has 0 aliphatic rings. The SMILES string of the molecule is COC(=O)[C@H](Cc1cnc[nH]1)NC(=O)c1cnc(C)cn1. The van der Waals surface area contributed by atoms with E-state index in [9.17, 15) is 9.59 Å². The largest absolute Gasteiger partial charge is 0.467 e. The number of nitrogens with one attached hydrogen (secondary N) is 2. The Morgan fingerprint density at radius 1 is 1.33 bits per heavy atom. The van der Waals surface area contributed by atoms with E-state index in [1.807, 2.05) is 0 Å². The zero-order chi connectivity index (χ0) is 15.2. The van der Waals surface area contributed by atoms with Gasteiger partial charge in [-0.1, -0.05) is 0 Å². The monoisotopic (exact) mass is 289 g/mol. The molecule has 8 nitrogen and oxygen atoms in total. The standard InChI is InChI=1S/C13H15N5O3/c1-8-4-16-11(6-15-8)12(19)18-10(13(20)21-2)3-9-5-14-7-17-9/h4-7,10H,3H2,1-2H3,(H,14,17)(H,18,19)/t10-/m0/s1. The Morgan fingerprint density at radius 3 is 2.71 bits per heavy atom. The van der Waals surface area contributed by atoms with Gasteiger partial charge in [0, 0.05) is 24.5 Å². The van der Waals surface area contributed by atoms with E-state index < -0.39 is 17.9 Å². The van der Waals surface area contributed by atoms with Gasteiger partial charge < -0.3 is 15.0 Å². The van der Waals surface area contributed by atoms with Crippen LogP contribution in [-0.2, 0) is 16.0 Å². The van der Waals surface area contributed by atoms with Crippen molar-refractivity contribution in [1.29, 1.82) is 0 Å². The average Bonchev–Trinajstić information content (AvgIpc) is 2.99. The van der Waals surface area contributed by atoms with Crippen molar-refractivity contribution < 1.29 is 14.3 Å². The predicted octanol–water partition coefficient (Wildman–Crippen LogP) is 0.0222. The first-order valence-corrected chi connectivity index (χ1v) is 6.24. The molecule has 0 unspecified atom stereocenters. The first kappa shape index (κ1) is 14.6. The van der Waals surface area contributed by atoms with Gasteiger partial charge in [-0.3, -0.25) is 9.78 Å². The number of aryl methyl sites for hydroxylation is 1. The number of ether oxygens (including phenoxy) is 1. The normalized spacial score (nSPS) is 11.7. The second-order valence-corrected chi connectivity index (χ2v) is 4.37. The van der Waals surface area contributed by atoms with Gasteiger partial charge in [-0.25, -0.2) is 14.8 Å². The number of hydrogen-bond acceptors (Lipinski definition) is 6. The highest BCUT2D eigenvalue weighted by Crippen LogP contribution is 2.02. The second kappa shape index (κ2) is 6.60. The number of nitrogens with zero attached hydrogens (tertiary/aromatic N) is 3. The molecule has 2 rings (SSSR count). The Labute approximate surface area is 121 Å². The Morgan fingerprint density at radius 2 is 2.14 bits per heavy atom. The summed E-state index contributed by atoms with van der Waals surface area (Å²) in [7, 11) is 1.26. The maximum absolute atomic E-state index is 12.1. The minimum Gasteiger partial charge on any atom is -0.467 e. The molecule has 110 valence electrons. The minimum atomic E-state index is -0.828. The first-order chi connectivity index (χ1) is 10.1. The van der Waals surface area contributed by atoms with Crippen molar-refractivity contribution in [3.05, 3.63) is 42.0 Å². The number of esters is 1. The first-order valence-electron chi connectivity index (χ1n) is 6.24. The number of methoxy groups -OCH3 is 1. The molecular formula is C13H15N5O3. The average molecular weight is 289 g/mol. The van der Waals surface area contributed by atoms with Crippen molar-refractivity contribution >= 4 is 11.9 Å². The number of aromatic amines is 1. The number of imidazole rings is 1. The summed E-state index contributed by atoms with van der Waals surface area (Å²) in [5.41, 5.74) is 1.55. The van der Waals surface area contributed by atoms with Crippen LogP contribution in [0.3, 0.4) is 0 Å². The highest BCUT2D eigenvalue weighted by Gasteiger charge is 2.23. The lowest BCUT2D eigenvalue weighted by Gasteiger charge is -2.15. The minimum absolute atomic E-state index is 0.138. The summed E-state index contributed by atoms with van der Waals surface area (Å²) in [6, 6.07) is -0.828. The highest BCUT2D eigenvalue weighted by atomic mass is 16.5. The fourth-order valence-corrected chi connectivity index (χ4v) is 1.69. The number of carbonyl (C=O) groups is 2. The number of rotatable bonds is 5. The van der Waals surface area contributed by atoms with E-state index in [0.29, 0.717) is 11.4 Å². The zero-order valence-corrected chi connectivity index (χ0v) is 11.7. The van der Waals surface area contributed by atoms with E-state index in [-0.39, 0.29) is 12.1 Å². The Balaban J connectivity index is 2.09. The molecule has 0 radical (unpaired) electrons. The lowest BCUT2D eigenvalue weighted by atomic mass is 10.1. The van der Waals surface area contributed by atoms with Crippen LogP contribution in [0.5, 0.6) is 0 Å². The Kier molecular flexibility index (Phi) is 4.60. The van der Waals surface area contributed by atoms with Gasteiger partial charge >= 0.3 is 5.97 Å². The van der Waals surface area contributed by atoms with Crippen LogP contribution in [0.15, 0.2) is 24.9 Å². The van der Waals surface area contributed by atoms with Crippen molar-refractivity contribution in [2.24, 2.45) is 0 Å². The van der Waals surface area contributed by atoms with Gasteiger partial charge in [0.25, 0.3) is 5.91 Å². The summed E-state index contributed by atoms with van der Waals surface area (Å²) in [6.07, 6.45) is 6.16. The van der Waals surface area contributed by atoms with Crippen molar-refractivity contribution in [1.82, 2.24) is 25.3 Å². The maximum atomic E-state index is 12.1. The number of aromatic nitrogens is 4. The van der Waals surface area contributed by atoms with Crippen LogP contribution < -0.4 is 5.32 Å². The van der Waals surface area contributed by atoms with Crippen LogP contribution in [0, 0.1) is 6.92 Å². The maximum Gasteiger partial charge on any atom is 0.328 e. The summed E-state index contributed by atoms with van der Waals surface area (Å²) in [4.78, 5) is 38.5. The molecule has 1 amide bonds. The number of hydrogen-bond donors (Lipinski definition) is 2. The zero-order valence-electron chi connectivity index (χ0n) is 11.7. The molecule has 2 N–H and O–H groups in total. The molecule has 0 fully saturated rings. The summed E-state index contributed by atoms with van der Waals surface area (Å²) in [5, 5.41) is 2.58. The molecule has 2 heterocycles. The van der Waals surface area contributed by atoms with Gasteiger partial charge in [0.05, 0.1) is 25.3 Å². The van der Waals surface area contributed by atoms with Gasteiger partial charge in [0.15, 0.2) is 0 Å². The van der Waals surface area contributed by atoms with Crippen LogP contribution in [0.25, 0.3) is 0 Å². The molecule has 0 aliphatic carbocycles. The smallest absolute Gasteiger partial charge is 0.328 e. The van der Waals surface area contributed by atoms with E-state index in [1.165, 1.54) is 25.8 Å². The van der Waals surface area contributed by atoms with Crippen LogP contribution in [0.1, 0.15) is 21.9 Å². The van der Waals surface area contributed by atoms with Crippen molar-refractivity contribution in [3.8, 4) is 0 Å². The van der Waals surface area contributed by atoms with Crippen molar-refractivity contribution in [2.45, 2.75) is 19.4 Å². The third-order valence-corrected chi connectivity index (χ3v) is 2.78. The van der Waals surface area contributed by atoms with E-state index in [1.54, 1.807) is 13.1 Å². The van der Waals surface area contributed by atoms with Crippen LogP contribution in [-0.4, -0.2) is 45.0 Å². The van der Waals surface area contributed by atoms with E-state index in [2.05, 4.69) is 25.3 Å². The molecule has 1 atom stereocenters. The molecule has 0 saturated carbocycles. The Bertz CT molecular complexity index is 609. The molecule has 2 aromatic rings.